The highest BCUT2D eigenvalue weighted by atomic mass is 16.3. The van der Waals surface area contributed by atoms with Gasteiger partial charge in [0.15, 0.2) is 0 Å². The molecule has 1 aliphatic heterocycles. The molecule has 0 spiro atoms. The number of aryl methyl sites for hydroxylation is 1. The number of phenols is 1. The van der Waals surface area contributed by atoms with Gasteiger partial charge in [0.25, 0.3) is 5.91 Å². The lowest BCUT2D eigenvalue weighted by Gasteiger charge is -2.31. The largest absolute Gasteiger partial charge is 0.508 e. The number of aromatic nitrogens is 2. The summed E-state index contributed by atoms with van der Waals surface area (Å²) in [4.78, 5) is 23.5. The Bertz CT molecular complexity index is 1030. The number of hydrogen-bond acceptors (Lipinski definition) is 4. The minimum Gasteiger partial charge on any atom is -0.508 e. The number of aromatic hydroxyl groups is 1. The molecule has 0 saturated carbocycles. The molecule has 1 N–H and O–H groups in total. The fourth-order valence-electron chi connectivity index (χ4n) is 3.83. The number of piperidine rings is 1. The van der Waals surface area contributed by atoms with Crippen molar-refractivity contribution in [2.24, 2.45) is 5.92 Å². The van der Waals surface area contributed by atoms with Crippen LogP contribution in [0.2, 0.25) is 0 Å². The van der Waals surface area contributed by atoms with Crippen LogP contribution in [0.1, 0.15) is 35.7 Å². The number of rotatable bonds is 3. The number of nitrogens with zero attached hydrogens (tertiary/aromatic N) is 3. The Morgan fingerprint density at radius 2 is 1.72 bits per heavy atom. The van der Waals surface area contributed by atoms with Crippen LogP contribution in [0.25, 0.3) is 22.5 Å². The second kappa shape index (κ2) is 8.03. The lowest BCUT2D eigenvalue weighted by molar-refractivity contribution is 0.0683. The number of likely N-dealkylation sites (tertiary alicyclic amines) is 1. The number of carbonyl (C=O) groups excluding carboxylic acids is 1. The number of hydrogen-bond donors (Lipinski definition) is 1. The van der Waals surface area contributed by atoms with Gasteiger partial charge in [0.2, 0.25) is 0 Å². The maximum atomic E-state index is 12.8. The van der Waals surface area contributed by atoms with Gasteiger partial charge >= 0.3 is 0 Å². The molecule has 1 atom stereocenters. The third-order valence-electron chi connectivity index (χ3n) is 5.53. The summed E-state index contributed by atoms with van der Waals surface area (Å²) >= 11 is 0. The third kappa shape index (κ3) is 4.14. The van der Waals surface area contributed by atoms with E-state index in [1.165, 1.54) is 6.42 Å². The van der Waals surface area contributed by atoms with Crippen molar-refractivity contribution in [3.05, 3.63) is 66.0 Å². The number of carbonyl (C=O) groups is 1. The van der Waals surface area contributed by atoms with Crippen molar-refractivity contribution in [2.45, 2.75) is 26.7 Å². The quantitative estimate of drug-likeness (QED) is 0.708. The lowest BCUT2D eigenvalue weighted by atomic mass is 9.99. The van der Waals surface area contributed by atoms with Crippen LogP contribution in [0.15, 0.2) is 54.9 Å². The molecule has 1 amide bonds. The van der Waals surface area contributed by atoms with Crippen LogP contribution in [0, 0.1) is 12.8 Å². The zero-order valence-electron chi connectivity index (χ0n) is 16.8. The highest BCUT2D eigenvalue weighted by Gasteiger charge is 2.22. The molecule has 1 fully saturated rings. The molecule has 3 aromatic rings. The van der Waals surface area contributed by atoms with Crippen molar-refractivity contribution >= 4 is 5.91 Å². The fourth-order valence-corrected chi connectivity index (χ4v) is 3.83. The van der Waals surface area contributed by atoms with Crippen LogP contribution < -0.4 is 0 Å². The molecule has 148 valence electrons. The van der Waals surface area contributed by atoms with Gasteiger partial charge in [0.1, 0.15) is 12.1 Å². The summed E-state index contributed by atoms with van der Waals surface area (Å²) in [5.41, 5.74) is 4.97. The standard InChI is InChI=1S/C24H25N3O2/c1-16-4-3-11-27(14-16)24(29)19-7-5-18(6-8-19)21-13-22(26-15-25-21)20-9-10-23(28)17(2)12-20/h5-10,12-13,15-16,28H,3-4,11,14H2,1-2H3. The second-order valence-corrected chi connectivity index (χ2v) is 7.87. The summed E-state index contributed by atoms with van der Waals surface area (Å²) in [7, 11) is 0. The van der Waals surface area contributed by atoms with E-state index in [9.17, 15) is 9.90 Å². The van der Waals surface area contributed by atoms with Crippen LogP contribution >= 0.6 is 0 Å². The summed E-state index contributed by atoms with van der Waals surface area (Å²) in [6.45, 7) is 5.73. The average molecular weight is 387 g/mol. The minimum atomic E-state index is 0.103. The van der Waals surface area contributed by atoms with Crippen LogP contribution in [0.4, 0.5) is 0 Å². The van der Waals surface area contributed by atoms with Crippen molar-refractivity contribution in [3.63, 3.8) is 0 Å². The van der Waals surface area contributed by atoms with E-state index in [4.69, 9.17) is 0 Å². The van der Waals surface area contributed by atoms with Gasteiger partial charge in [-0.15, -0.1) is 0 Å². The van der Waals surface area contributed by atoms with Crippen molar-refractivity contribution in [2.75, 3.05) is 13.1 Å². The number of amides is 1. The Labute approximate surface area is 171 Å². The van der Waals surface area contributed by atoms with E-state index >= 15 is 0 Å². The summed E-state index contributed by atoms with van der Waals surface area (Å²) in [5, 5.41) is 9.74. The Balaban J connectivity index is 1.56. The lowest BCUT2D eigenvalue weighted by Crippen LogP contribution is -2.39. The molecule has 1 saturated heterocycles. The van der Waals surface area contributed by atoms with E-state index in [0.717, 1.165) is 47.6 Å². The van der Waals surface area contributed by atoms with E-state index in [2.05, 4.69) is 16.9 Å². The van der Waals surface area contributed by atoms with Gasteiger partial charge in [-0.25, -0.2) is 9.97 Å². The first-order valence-corrected chi connectivity index (χ1v) is 10.0. The summed E-state index contributed by atoms with van der Waals surface area (Å²) < 4.78 is 0. The Morgan fingerprint density at radius 3 is 2.41 bits per heavy atom. The predicted octanol–water partition coefficient (Wildman–Crippen LogP) is 4.70. The van der Waals surface area contributed by atoms with E-state index in [1.807, 2.05) is 54.3 Å². The van der Waals surface area contributed by atoms with Crippen LogP contribution in [0.3, 0.4) is 0 Å². The maximum absolute atomic E-state index is 12.8. The molecule has 0 aliphatic carbocycles. The van der Waals surface area contributed by atoms with Gasteiger partial charge in [-0.05, 0) is 67.6 Å². The molecule has 2 aromatic carbocycles. The Kier molecular flexibility index (Phi) is 5.30. The van der Waals surface area contributed by atoms with Crippen molar-refractivity contribution in [3.8, 4) is 28.3 Å². The van der Waals surface area contributed by atoms with Gasteiger partial charge in [-0.3, -0.25) is 4.79 Å². The number of benzene rings is 2. The highest BCUT2D eigenvalue weighted by molar-refractivity contribution is 5.94. The molecule has 0 bridgehead atoms. The number of phenolic OH excluding ortho intramolecular Hbond substituents is 1. The Morgan fingerprint density at radius 1 is 1.03 bits per heavy atom. The molecule has 1 aliphatic rings. The first-order valence-electron chi connectivity index (χ1n) is 10.0. The monoisotopic (exact) mass is 387 g/mol. The first-order chi connectivity index (χ1) is 14.0. The van der Waals surface area contributed by atoms with Gasteiger partial charge in [-0.1, -0.05) is 19.1 Å². The molecule has 5 nitrogen and oxygen atoms in total. The normalized spacial score (nSPS) is 16.6. The minimum absolute atomic E-state index is 0.103. The second-order valence-electron chi connectivity index (χ2n) is 7.87. The predicted molar refractivity (Wildman–Crippen MR) is 114 cm³/mol. The molecule has 5 heteroatoms. The van der Waals surface area contributed by atoms with Gasteiger partial charge in [0.05, 0.1) is 11.4 Å². The van der Waals surface area contributed by atoms with Gasteiger partial charge in [0, 0.05) is 29.8 Å². The molecule has 29 heavy (non-hydrogen) atoms. The third-order valence-corrected chi connectivity index (χ3v) is 5.53. The maximum Gasteiger partial charge on any atom is 0.253 e. The average Bonchev–Trinajstić information content (AvgIpc) is 2.75. The van der Waals surface area contributed by atoms with E-state index in [1.54, 1.807) is 12.4 Å². The highest BCUT2D eigenvalue weighted by Crippen LogP contribution is 2.27. The molecule has 4 rings (SSSR count). The molecular weight excluding hydrogens is 362 g/mol. The molecule has 0 radical (unpaired) electrons. The van der Waals surface area contributed by atoms with Crippen LogP contribution in [-0.4, -0.2) is 39.0 Å². The van der Waals surface area contributed by atoms with Gasteiger partial charge in [-0.2, -0.15) is 0 Å². The Hall–Kier alpha value is -3.21. The van der Waals surface area contributed by atoms with E-state index in [0.29, 0.717) is 11.5 Å². The topological polar surface area (TPSA) is 66.3 Å². The smallest absolute Gasteiger partial charge is 0.253 e. The summed E-state index contributed by atoms with van der Waals surface area (Å²) in [6, 6.07) is 15.0. The zero-order chi connectivity index (χ0) is 20.4. The SMILES string of the molecule is Cc1cc(-c2cc(-c3ccc(C(=O)N4CCCC(C)C4)cc3)ncn2)ccc1O. The molecule has 2 heterocycles. The van der Waals surface area contributed by atoms with E-state index in [-0.39, 0.29) is 11.7 Å². The summed E-state index contributed by atoms with van der Waals surface area (Å²) in [5.74, 6) is 0.937. The zero-order valence-corrected chi connectivity index (χ0v) is 16.8. The van der Waals surface area contributed by atoms with E-state index < -0.39 is 0 Å². The van der Waals surface area contributed by atoms with Crippen molar-refractivity contribution < 1.29 is 9.90 Å². The molecular formula is C24H25N3O2. The molecule has 1 aromatic heterocycles. The van der Waals surface area contributed by atoms with Gasteiger partial charge < -0.3 is 10.0 Å². The van der Waals surface area contributed by atoms with Crippen LogP contribution in [-0.2, 0) is 0 Å². The van der Waals surface area contributed by atoms with Crippen LogP contribution in [0.5, 0.6) is 5.75 Å². The first kappa shape index (κ1) is 19.1. The summed E-state index contributed by atoms with van der Waals surface area (Å²) in [6.07, 6.45) is 3.81. The van der Waals surface area contributed by atoms with Crippen molar-refractivity contribution in [1.82, 2.24) is 14.9 Å². The van der Waals surface area contributed by atoms with Crippen molar-refractivity contribution in [1.29, 1.82) is 0 Å². The fraction of sp³-hybridized carbons (Fsp3) is 0.292. The molecule has 1 unspecified atom stereocenters.